The lowest BCUT2D eigenvalue weighted by molar-refractivity contribution is -0.294. The molecule has 1 heterocycles. The van der Waals surface area contributed by atoms with Crippen molar-refractivity contribution in [2.24, 2.45) is 11.7 Å². The van der Waals surface area contributed by atoms with Crippen molar-refractivity contribution in [2.75, 3.05) is 13.1 Å². The van der Waals surface area contributed by atoms with Gasteiger partial charge in [-0.15, -0.1) is 0 Å². The summed E-state index contributed by atoms with van der Waals surface area (Å²) in [5.74, 6) is -1.23. The van der Waals surface area contributed by atoms with Crippen LogP contribution in [0, 0.1) is 5.92 Å². The Labute approximate surface area is 108 Å². The topological polar surface area (TPSA) is 55.6 Å². The number of rotatable bonds is 3. The third-order valence-electron chi connectivity index (χ3n) is 2.57. The van der Waals surface area contributed by atoms with Crippen LogP contribution in [-0.2, 0) is 16.2 Å². The number of hydroxylamine groups is 2. The fraction of sp³-hybridized carbons (Fsp3) is 0.417. The molecular formula is C12H15F3N2O2. The number of hydrogen-bond donors (Lipinski definition) is 1. The molecule has 1 aromatic carbocycles. The second kappa shape index (κ2) is 7.10. The second-order valence-corrected chi connectivity index (χ2v) is 3.98. The summed E-state index contributed by atoms with van der Waals surface area (Å²) in [5.41, 5.74) is 5.12. The molecule has 1 saturated heterocycles. The molecule has 2 N–H and O–H groups in total. The van der Waals surface area contributed by atoms with Crippen molar-refractivity contribution in [1.82, 2.24) is 5.06 Å². The molecular weight excluding hydrogens is 261 g/mol. The van der Waals surface area contributed by atoms with Gasteiger partial charge in [-0.3, -0.25) is 9.63 Å². The van der Waals surface area contributed by atoms with Crippen LogP contribution in [0.25, 0.3) is 0 Å². The Morgan fingerprint density at radius 1 is 1.32 bits per heavy atom. The normalized spacial score (nSPS) is 16.2. The molecule has 1 amide bonds. The summed E-state index contributed by atoms with van der Waals surface area (Å²) in [5, 5.41) is 1.35. The van der Waals surface area contributed by atoms with E-state index in [0.717, 1.165) is 5.56 Å². The van der Waals surface area contributed by atoms with Gasteiger partial charge in [-0.2, -0.15) is 18.2 Å². The summed E-state index contributed by atoms with van der Waals surface area (Å²) < 4.78 is 36.5. The highest BCUT2D eigenvalue weighted by Gasteiger charge is 2.47. The van der Waals surface area contributed by atoms with E-state index in [1.807, 2.05) is 30.3 Å². The molecule has 4 nitrogen and oxygen atoms in total. The van der Waals surface area contributed by atoms with Gasteiger partial charge in [-0.05, 0) is 5.56 Å². The third-order valence-corrected chi connectivity index (χ3v) is 2.57. The predicted molar refractivity (Wildman–Crippen MR) is 62.6 cm³/mol. The van der Waals surface area contributed by atoms with Gasteiger partial charge in [0.25, 0.3) is 0 Å². The van der Waals surface area contributed by atoms with Crippen LogP contribution in [0.4, 0.5) is 13.2 Å². The van der Waals surface area contributed by atoms with Gasteiger partial charge in [0, 0.05) is 13.1 Å². The van der Waals surface area contributed by atoms with Gasteiger partial charge >= 0.3 is 6.18 Å². The molecule has 0 aromatic heterocycles. The Hall–Kier alpha value is -1.60. The zero-order chi connectivity index (χ0) is 14.3. The summed E-state index contributed by atoms with van der Waals surface area (Å²) in [6.07, 6.45) is -3.84. The Balaban J connectivity index is 0.000000550. The Kier molecular flexibility index (Phi) is 5.78. The van der Waals surface area contributed by atoms with Gasteiger partial charge in [-0.25, -0.2) is 0 Å². The van der Waals surface area contributed by atoms with Crippen molar-refractivity contribution in [3.05, 3.63) is 35.9 Å². The van der Waals surface area contributed by atoms with Crippen molar-refractivity contribution in [3.63, 3.8) is 0 Å². The molecule has 19 heavy (non-hydrogen) atoms. The van der Waals surface area contributed by atoms with Gasteiger partial charge in [0.15, 0.2) is 0 Å². The van der Waals surface area contributed by atoms with Gasteiger partial charge in [0.2, 0.25) is 6.41 Å². The summed E-state index contributed by atoms with van der Waals surface area (Å²) in [7, 11) is 0. The zero-order valence-corrected chi connectivity index (χ0v) is 10.1. The highest BCUT2D eigenvalue weighted by Crippen LogP contribution is 2.33. The maximum absolute atomic E-state index is 12.2. The van der Waals surface area contributed by atoms with E-state index < -0.39 is 12.1 Å². The van der Waals surface area contributed by atoms with E-state index in [9.17, 15) is 13.2 Å². The molecule has 0 spiro atoms. The standard InChI is InChI=1S/C11H12F3NO.CH3NO/c12-11(13,14)10-6-15(7-10)16-8-9-4-2-1-3-5-9;2-1-3/h1-5,10H,6-8H2;1H,(H2,2,3). The first-order chi connectivity index (χ1) is 8.97. The van der Waals surface area contributed by atoms with Gasteiger partial charge in [0.1, 0.15) is 0 Å². The lowest BCUT2D eigenvalue weighted by Crippen LogP contribution is -2.52. The Morgan fingerprint density at radius 2 is 1.84 bits per heavy atom. The third kappa shape index (κ3) is 5.27. The van der Waals surface area contributed by atoms with Crippen LogP contribution in [0.1, 0.15) is 5.56 Å². The monoisotopic (exact) mass is 276 g/mol. The summed E-state index contributed by atoms with van der Waals surface area (Å²) in [6.45, 7) is 0.206. The number of nitrogens with zero attached hydrogens (tertiary/aromatic N) is 1. The van der Waals surface area contributed by atoms with E-state index in [-0.39, 0.29) is 19.5 Å². The number of benzene rings is 1. The van der Waals surface area contributed by atoms with Gasteiger partial charge in [-0.1, -0.05) is 30.3 Å². The fourth-order valence-corrected chi connectivity index (χ4v) is 1.49. The summed E-state index contributed by atoms with van der Waals surface area (Å²) >= 11 is 0. The molecule has 0 unspecified atom stereocenters. The molecule has 7 heteroatoms. The van der Waals surface area contributed by atoms with E-state index in [1.165, 1.54) is 5.06 Å². The largest absolute Gasteiger partial charge is 0.394 e. The van der Waals surface area contributed by atoms with E-state index in [0.29, 0.717) is 6.61 Å². The van der Waals surface area contributed by atoms with Crippen LogP contribution in [0.2, 0.25) is 0 Å². The minimum atomic E-state index is -4.09. The number of halogens is 3. The number of alkyl halides is 3. The van der Waals surface area contributed by atoms with Crippen molar-refractivity contribution in [1.29, 1.82) is 0 Å². The number of nitrogens with two attached hydrogens (primary N) is 1. The SMILES string of the molecule is FC(F)(F)C1CN(OCc2ccccc2)C1.NC=O. The first-order valence-electron chi connectivity index (χ1n) is 5.61. The average Bonchev–Trinajstić information content (AvgIpc) is 2.27. The van der Waals surface area contributed by atoms with Crippen LogP contribution >= 0.6 is 0 Å². The van der Waals surface area contributed by atoms with Gasteiger partial charge in [0.05, 0.1) is 12.5 Å². The van der Waals surface area contributed by atoms with E-state index in [1.54, 1.807) is 0 Å². The van der Waals surface area contributed by atoms with E-state index in [2.05, 4.69) is 5.73 Å². The first-order valence-corrected chi connectivity index (χ1v) is 5.61. The lowest BCUT2D eigenvalue weighted by Gasteiger charge is -2.38. The van der Waals surface area contributed by atoms with E-state index >= 15 is 0 Å². The molecule has 0 saturated carbocycles. The highest BCUT2D eigenvalue weighted by atomic mass is 19.4. The van der Waals surface area contributed by atoms with Crippen molar-refractivity contribution >= 4 is 6.41 Å². The molecule has 106 valence electrons. The van der Waals surface area contributed by atoms with Crippen LogP contribution in [0.3, 0.4) is 0 Å². The molecule has 2 rings (SSSR count). The van der Waals surface area contributed by atoms with Gasteiger partial charge < -0.3 is 5.73 Å². The average molecular weight is 276 g/mol. The Bertz CT molecular complexity index is 378. The quantitative estimate of drug-likeness (QED) is 0.855. The van der Waals surface area contributed by atoms with Crippen LogP contribution in [0.15, 0.2) is 30.3 Å². The zero-order valence-electron chi connectivity index (χ0n) is 10.1. The van der Waals surface area contributed by atoms with Crippen LogP contribution in [-0.4, -0.2) is 30.7 Å². The highest BCUT2D eigenvalue weighted by molar-refractivity contribution is 5.42. The van der Waals surface area contributed by atoms with Crippen LogP contribution < -0.4 is 5.73 Å². The minimum Gasteiger partial charge on any atom is -0.372 e. The molecule has 1 aliphatic rings. The summed E-state index contributed by atoms with van der Waals surface area (Å²) in [6, 6.07) is 9.37. The first kappa shape index (κ1) is 15.5. The second-order valence-electron chi connectivity index (χ2n) is 3.98. The molecule has 0 bridgehead atoms. The number of primary amides is 1. The summed E-state index contributed by atoms with van der Waals surface area (Å²) in [4.78, 5) is 13.8. The molecule has 1 fully saturated rings. The molecule has 1 aromatic rings. The van der Waals surface area contributed by atoms with Crippen molar-refractivity contribution in [2.45, 2.75) is 12.8 Å². The number of carbonyl (C=O) groups excluding carboxylic acids is 1. The maximum atomic E-state index is 12.2. The molecule has 0 aliphatic carbocycles. The lowest BCUT2D eigenvalue weighted by atomic mass is 10.0. The minimum absolute atomic E-state index is 0.0592. The maximum Gasteiger partial charge on any atom is 0.394 e. The van der Waals surface area contributed by atoms with Crippen molar-refractivity contribution < 1.29 is 22.8 Å². The number of hydrogen-bond acceptors (Lipinski definition) is 3. The molecule has 0 atom stereocenters. The number of amides is 1. The van der Waals surface area contributed by atoms with Crippen LogP contribution in [0.5, 0.6) is 0 Å². The molecule has 0 radical (unpaired) electrons. The predicted octanol–water partition coefficient (Wildman–Crippen LogP) is 1.71. The molecule has 1 aliphatic heterocycles. The van der Waals surface area contributed by atoms with Crippen molar-refractivity contribution in [3.8, 4) is 0 Å². The number of carbonyl (C=O) groups is 1. The van der Waals surface area contributed by atoms with E-state index in [4.69, 9.17) is 9.63 Å². The smallest absolute Gasteiger partial charge is 0.372 e. The fourth-order valence-electron chi connectivity index (χ4n) is 1.49. The Morgan fingerprint density at radius 3 is 2.32 bits per heavy atom.